The van der Waals surface area contributed by atoms with Gasteiger partial charge in [-0.3, -0.25) is 0 Å². The molecule has 0 spiro atoms. The van der Waals surface area contributed by atoms with Gasteiger partial charge in [-0.05, 0) is 6.42 Å². The molecule has 0 aliphatic carbocycles. The van der Waals surface area contributed by atoms with Gasteiger partial charge in [0.2, 0.25) is 0 Å². The molecule has 0 amide bonds. The molecule has 0 bridgehead atoms. The average Bonchev–Trinajstić information content (AvgIpc) is 2.81. The summed E-state index contributed by atoms with van der Waals surface area (Å²) in [6.45, 7) is 9.12. The van der Waals surface area contributed by atoms with Crippen molar-refractivity contribution in [3.8, 4) is 0 Å². The molecule has 0 unspecified atom stereocenters. The van der Waals surface area contributed by atoms with Crippen molar-refractivity contribution in [2.75, 3.05) is 85.9 Å². The van der Waals surface area contributed by atoms with Crippen LogP contribution in [0, 0.1) is 0 Å². The SMILES string of the molecule is CCCCCCCCCCCCCOCCOCCOCCOCCOCCOCCO. The Kier molecular flexibility index (Phi) is 30.5. The molecule has 0 fully saturated rings. The molecule has 194 valence electrons. The molecule has 0 atom stereocenters. The van der Waals surface area contributed by atoms with Crippen molar-refractivity contribution in [1.29, 1.82) is 0 Å². The van der Waals surface area contributed by atoms with E-state index in [0.717, 1.165) is 13.0 Å². The van der Waals surface area contributed by atoms with Crippen molar-refractivity contribution in [3.63, 3.8) is 0 Å². The molecular weight excluding hydrogens is 412 g/mol. The van der Waals surface area contributed by atoms with E-state index in [4.69, 9.17) is 33.5 Å². The maximum Gasteiger partial charge on any atom is 0.0701 e. The Bertz CT molecular complexity index is 289. The number of hydrogen-bond acceptors (Lipinski definition) is 7. The summed E-state index contributed by atoms with van der Waals surface area (Å²) in [6.07, 6.45) is 14.9. The highest BCUT2D eigenvalue weighted by molar-refractivity contribution is 4.48. The van der Waals surface area contributed by atoms with Crippen LogP contribution in [-0.4, -0.2) is 91.0 Å². The van der Waals surface area contributed by atoms with Crippen LogP contribution >= 0.6 is 0 Å². The Balaban J connectivity index is 2.98. The predicted molar refractivity (Wildman–Crippen MR) is 128 cm³/mol. The van der Waals surface area contributed by atoms with E-state index >= 15 is 0 Å². The molecule has 1 N–H and O–H groups in total. The van der Waals surface area contributed by atoms with E-state index in [-0.39, 0.29) is 6.61 Å². The van der Waals surface area contributed by atoms with Crippen molar-refractivity contribution in [2.45, 2.75) is 77.6 Å². The second-order valence-corrected chi connectivity index (χ2v) is 7.93. The first-order valence-electron chi connectivity index (χ1n) is 13.0. The monoisotopic (exact) mass is 464 g/mol. The fraction of sp³-hybridized carbons (Fsp3) is 1.00. The first-order valence-corrected chi connectivity index (χ1v) is 13.0. The number of unbranched alkanes of at least 4 members (excludes halogenated alkanes) is 10. The lowest BCUT2D eigenvalue weighted by Crippen LogP contribution is -2.14. The van der Waals surface area contributed by atoms with Crippen LogP contribution in [0.25, 0.3) is 0 Å². The number of aliphatic hydroxyl groups is 1. The van der Waals surface area contributed by atoms with Gasteiger partial charge >= 0.3 is 0 Å². The second kappa shape index (κ2) is 30.7. The largest absolute Gasteiger partial charge is 0.394 e. The highest BCUT2D eigenvalue weighted by Crippen LogP contribution is 2.11. The lowest BCUT2D eigenvalue weighted by atomic mass is 10.1. The number of ether oxygens (including phenoxy) is 6. The molecule has 7 heteroatoms. The maximum atomic E-state index is 8.55. The van der Waals surface area contributed by atoms with E-state index in [1.165, 1.54) is 64.2 Å². The van der Waals surface area contributed by atoms with E-state index in [2.05, 4.69) is 6.92 Å². The summed E-state index contributed by atoms with van der Waals surface area (Å²) in [6, 6.07) is 0. The Hall–Kier alpha value is -0.280. The molecule has 0 aromatic rings. The number of rotatable bonds is 29. The minimum atomic E-state index is 0.0431. The van der Waals surface area contributed by atoms with Gasteiger partial charge in [0.1, 0.15) is 0 Å². The standard InChI is InChI=1S/C25H52O7/c1-2-3-4-5-6-7-8-9-10-11-12-14-27-16-18-29-20-22-31-24-25-32-23-21-30-19-17-28-15-13-26/h26H,2-25H2,1H3. The van der Waals surface area contributed by atoms with Crippen molar-refractivity contribution in [3.05, 3.63) is 0 Å². The van der Waals surface area contributed by atoms with Gasteiger partial charge in [-0.2, -0.15) is 0 Å². The van der Waals surface area contributed by atoms with Gasteiger partial charge in [0.25, 0.3) is 0 Å². The summed E-state index contributed by atoms with van der Waals surface area (Å²) in [7, 11) is 0. The van der Waals surface area contributed by atoms with Gasteiger partial charge in [-0.15, -0.1) is 0 Å². The highest BCUT2D eigenvalue weighted by atomic mass is 16.6. The fourth-order valence-electron chi connectivity index (χ4n) is 3.13. The molecule has 0 rings (SSSR count). The molecular formula is C25H52O7. The van der Waals surface area contributed by atoms with Crippen LogP contribution in [0.3, 0.4) is 0 Å². The second-order valence-electron chi connectivity index (χ2n) is 7.93. The first kappa shape index (κ1) is 31.7. The Morgan fingerprint density at radius 1 is 0.344 bits per heavy atom. The summed E-state index contributed by atoms with van der Waals surface area (Å²) in [5, 5.41) is 8.55. The van der Waals surface area contributed by atoms with Crippen LogP contribution in [0.15, 0.2) is 0 Å². The fourth-order valence-corrected chi connectivity index (χ4v) is 3.13. The molecule has 0 radical (unpaired) electrons. The summed E-state index contributed by atoms with van der Waals surface area (Å²) in [5.74, 6) is 0. The van der Waals surface area contributed by atoms with Crippen LogP contribution in [0.4, 0.5) is 0 Å². The zero-order valence-electron chi connectivity index (χ0n) is 20.9. The zero-order chi connectivity index (χ0) is 23.2. The molecule has 0 aromatic carbocycles. The van der Waals surface area contributed by atoms with Gasteiger partial charge in [0.05, 0.1) is 79.3 Å². The molecule has 0 aliphatic heterocycles. The third kappa shape index (κ3) is 29.7. The zero-order valence-corrected chi connectivity index (χ0v) is 20.9. The molecule has 0 saturated carbocycles. The van der Waals surface area contributed by atoms with E-state index in [1.54, 1.807) is 0 Å². The normalized spacial score (nSPS) is 11.4. The first-order chi connectivity index (χ1) is 15.9. The predicted octanol–water partition coefficient (Wildman–Crippen LogP) is 4.39. The van der Waals surface area contributed by atoms with Crippen LogP contribution in [0.5, 0.6) is 0 Å². The Morgan fingerprint density at radius 3 is 0.969 bits per heavy atom. The van der Waals surface area contributed by atoms with Crippen molar-refractivity contribution in [2.24, 2.45) is 0 Å². The third-order valence-electron chi connectivity index (χ3n) is 4.99. The Morgan fingerprint density at radius 2 is 0.625 bits per heavy atom. The van der Waals surface area contributed by atoms with E-state index < -0.39 is 0 Å². The molecule has 0 heterocycles. The van der Waals surface area contributed by atoms with Gasteiger partial charge in [-0.25, -0.2) is 0 Å². The minimum Gasteiger partial charge on any atom is -0.394 e. The van der Waals surface area contributed by atoms with Crippen LogP contribution < -0.4 is 0 Å². The van der Waals surface area contributed by atoms with Gasteiger partial charge in [0, 0.05) is 6.61 Å². The Labute approximate surface area is 197 Å². The van der Waals surface area contributed by atoms with Crippen molar-refractivity contribution < 1.29 is 33.5 Å². The van der Waals surface area contributed by atoms with Gasteiger partial charge in [0.15, 0.2) is 0 Å². The summed E-state index contributed by atoms with van der Waals surface area (Å²) < 4.78 is 32.4. The third-order valence-corrected chi connectivity index (χ3v) is 4.99. The van der Waals surface area contributed by atoms with Gasteiger partial charge < -0.3 is 33.5 Å². The molecule has 7 nitrogen and oxygen atoms in total. The summed E-state index contributed by atoms with van der Waals surface area (Å²) >= 11 is 0. The van der Waals surface area contributed by atoms with E-state index in [0.29, 0.717) is 72.7 Å². The average molecular weight is 465 g/mol. The topological polar surface area (TPSA) is 75.6 Å². The lowest BCUT2D eigenvalue weighted by Gasteiger charge is -2.08. The summed E-state index contributed by atoms with van der Waals surface area (Å²) in [4.78, 5) is 0. The van der Waals surface area contributed by atoms with Crippen molar-refractivity contribution >= 4 is 0 Å². The maximum absolute atomic E-state index is 8.55. The quantitative estimate of drug-likeness (QED) is 0.165. The van der Waals surface area contributed by atoms with E-state index in [1.807, 2.05) is 0 Å². The van der Waals surface area contributed by atoms with Crippen LogP contribution in [0.2, 0.25) is 0 Å². The van der Waals surface area contributed by atoms with E-state index in [9.17, 15) is 0 Å². The van der Waals surface area contributed by atoms with Crippen LogP contribution in [0.1, 0.15) is 77.6 Å². The molecule has 0 aromatic heterocycles. The molecule has 0 saturated heterocycles. The molecule has 32 heavy (non-hydrogen) atoms. The minimum absolute atomic E-state index is 0.0431. The van der Waals surface area contributed by atoms with Crippen LogP contribution in [-0.2, 0) is 28.4 Å². The molecule has 0 aliphatic rings. The van der Waals surface area contributed by atoms with Crippen molar-refractivity contribution in [1.82, 2.24) is 0 Å². The highest BCUT2D eigenvalue weighted by Gasteiger charge is 1.95. The van der Waals surface area contributed by atoms with Gasteiger partial charge in [-0.1, -0.05) is 71.1 Å². The summed E-state index contributed by atoms with van der Waals surface area (Å²) in [5.41, 5.74) is 0. The smallest absolute Gasteiger partial charge is 0.0701 e. The lowest BCUT2D eigenvalue weighted by molar-refractivity contribution is -0.0182. The number of hydrogen-bond donors (Lipinski definition) is 1. The number of aliphatic hydroxyl groups excluding tert-OH is 1.